The van der Waals surface area contributed by atoms with Crippen molar-refractivity contribution in [1.29, 1.82) is 0 Å². The first kappa shape index (κ1) is 24.6. The number of anilines is 3. The Morgan fingerprint density at radius 1 is 0.511 bits per heavy atom. The largest absolute Gasteiger partial charge is 0.333 e. The van der Waals surface area contributed by atoms with Gasteiger partial charge in [0.15, 0.2) is 0 Å². The molecule has 0 bridgehead atoms. The van der Waals surface area contributed by atoms with Crippen LogP contribution in [-0.2, 0) is 0 Å². The Kier molecular flexibility index (Phi) is 5.11. The number of fused-ring (bicyclic) bond motifs is 11. The van der Waals surface area contributed by atoms with E-state index in [0.717, 1.165) is 17.9 Å². The number of hydrogen-bond donors (Lipinski definition) is 0. The molecule has 0 spiro atoms. The van der Waals surface area contributed by atoms with Crippen molar-refractivity contribution in [2.75, 3.05) is 4.90 Å². The third kappa shape index (κ3) is 3.52. The lowest BCUT2D eigenvalue weighted by Gasteiger charge is -2.26. The maximum atomic E-state index is 2.54. The lowest BCUT2D eigenvalue weighted by atomic mass is 10.0. The Balaban J connectivity index is 1.31. The summed E-state index contributed by atoms with van der Waals surface area (Å²) in [7, 11) is 0. The molecule has 0 fully saturated rings. The van der Waals surface area contributed by atoms with Crippen molar-refractivity contribution in [1.82, 2.24) is 9.13 Å². The average molecular weight is 576 g/mol. The smallest absolute Gasteiger partial charge is 0.123 e. The van der Waals surface area contributed by atoms with Crippen molar-refractivity contribution in [2.24, 2.45) is 0 Å². The van der Waals surface area contributed by atoms with Gasteiger partial charge in [-0.15, -0.1) is 0 Å². The van der Waals surface area contributed by atoms with Gasteiger partial charge in [0.1, 0.15) is 5.82 Å². The van der Waals surface area contributed by atoms with Gasteiger partial charge in [-0.2, -0.15) is 0 Å². The number of nitrogens with zero attached hydrogens (tertiary/aromatic N) is 3. The molecule has 1 unspecified atom stereocenters. The van der Waals surface area contributed by atoms with Crippen molar-refractivity contribution in [3.05, 3.63) is 158 Å². The molecule has 1 aliphatic carbocycles. The highest BCUT2D eigenvalue weighted by Gasteiger charge is 2.28. The Morgan fingerprint density at radius 3 is 2.07 bits per heavy atom. The van der Waals surface area contributed by atoms with E-state index < -0.39 is 0 Å². The van der Waals surface area contributed by atoms with Gasteiger partial charge in [0.25, 0.3) is 0 Å². The molecule has 1 aliphatic heterocycles. The van der Waals surface area contributed by atoms with Crippen LogP contribution in [0.4, 0.5) is 17.2 Å². The van der Waals surface area contributed by atoms with Crippen LogP contribution in [-0.4, -0.2) is 9.13 Å². The van der Waals surface area contributed by atoms with E-state index in [2.05, 4.69) is 172 Å². The number of rotatable bonds is 2. The van der Waals surface area contributed by atoms with E-state index in [-0.39, 0.29) is 6.04 Å². The van der Waals surface area contributed by atoms with E-state index in [1.807, 2.05) is 0 Å². The normalized spacial score (nSPS) is 15.5. The molecule has 0 N–H and O–H groups in total. The van der Waals surface area contributed by atoms with Crippen LogP contribution in [0.2, 0.25) is 0 Å². The molecule has 0 radical (unpaired) electrons. The van der Waals surface area contributed by atoms with Crippen molar-refractivity contribution < 1.29 is 0 Å². The summed E-state index contributed by atoms with van der Waals surface area (Å²) in [6.45, 7) is 0. The highest BCUT2D eigenvalue weighted by Crippen LogP contribution is 2.50. The summed E-state index contributed by atoms with van der Waals surface area (Å²) in [5.74, 6) is 1.14. The minimum Gasteiger partial charge on any atom is -0.333 e. The molecule has 8 aromatic rings. The first-order chi connectivity index (χ1) is 22.3. The summed E-state index contributed by atoms with van der Waals surface area (Å²) in [6.07, 6.45) is 9.93. The van der Waals surface area contributed by atoms with Gasteiger partial charge < -0.3 is 4.57 Å². The van der Waals surface area contributed by atoms with Crippen LogP contribution in [0.1, 0.15) is 12.5 Å². The zero-order chi connectivity index (χ0) is 29.5. The van der Waals surface area contributed by atoms with Gasteiger partial charge >= 0.3 is 0 Å². The van der Waals surface area contributed by atoms with Gasteiger partial charge in [0.05, 0.1) is 28.5 Å². The molecule has 45 heavy (non-hydrogen) atoms. The molecule has 3 nitrogen and oxygen atoms in total. The predicted octanol–water partition coefficient (Wildman–Crippen LogP) is 11.4. The SMILES string of the molecule is C1=CCC(n2c3ccccc3c3ccc(N4c5ccccc5-c5ccccc5-n5c4cc4cc6ccccc6cc45)cc32)C=C1. The van der Waals surface area contributed by atoms with Crippen LogP contribution in [0, 0.1) is 0 Å². The van der Waals surface area contributed by atoms with Crippen LogP contribution in [0.3, 0.4) is 0 Å². The second kappa shape index (κ2) is 9.35. The minimum absolute atomic E-state index is 0.271. The first-order valence-corrected chi connectivity index (χ1v) is 15.7. The van der Waals surface area contributed by atoms with E-state index in [1.165, 1.54) is 66.0 Å². The minimum atomic E-state index is 0.271. The van der Waals surface area contributed by atoms with Crippen LogP contribution in [0.25, 0.3) is 60.3 Å². The van der Waals surface area contributed by atoms with Gasteiger partial charge in [-0.05, 0) is 65.7 Å². The van der Waals surface area contributed by atoms with Crippen molar-refractivity contribution >= 4 is 60.7 Å². The van der Waals surface area contributed by atoms with E-state index in [0.29, 0.717) is 0 Å². The second-order valence-corrected chi connectivity index (χ2v) is 12.2. The van der Waals surface area contributed by atoms with Crippen LogP contribution in [0.15, 0.2) is 158 Å². The van der Waals surface area contributed by atoms with Gasteiger partial charge in [0.2, 0.25) is 0 Å². The zero-order valence-corrected chi connectivity index (χ0v) is 24.6. The summed E-state index contributed by atoms with van der Waals surface area (Å²) in [5, 5.41) is 6.32. The molecule has 2 aliphatic rings. The quantitative estimate of drug-likeness (QED) is 0.200. The molecule has 3 heteroatoms. The number of hydrogen-bond acceptors (Lipinski definition) is 1. The van der Waals surface area contributed by atoms with Gasteiger partial charge in [-0.3, -0.25) is 9.47 Å². The van der Waals surface area contributed by atoms with Crippen LogP contribution in [0.5, 0.6) is 0 Å². The molecule has 6 aromatic carbocycles. The molecule has 3 heterocycles. The third-order valence-electron chi connectivity index (χ3n) is 9.70. The van der Waals surface area contributed by atoms with E-state index in [1.54, 1.807) is 0 Å². The number of para-hydroxylation sites is 3. The Labute approximate surface area is 261 Å². The van der Waals surface area contributed by atoms with Gasteiger partial charge in [-0.25, -0.2) is 0 Å². The summed E-state index contributed by atoms with van der Waals surface area (Å²) in [6, 6.07) is 49.6. The standard InChI is InChI=1S/C42H29N3/c1-2-14-31(15-3-1)43-37-19-9-6-18-35(37)36-23-22-32(27-41(36)43)44-38-20-10-7-16-33(38)34-17-8-11-21-39(34)45-40-25-29-13-5-4-12-28(29)24-30(40)26-42(44)45/h1-14,16-27,31H,15H2. The molecular weight excluding hydrogens is 546 g/mol. The predicted molar refractivity (Wildman–Crippen MR) is 189 cm³/mol. The molecule has 212 valence electrons. The summed E-state index contributed by atoms with van der Waals surface area (Å²) >= 11 is 0. The third-order valence-corrected chi connectivity index (χ3v) is 9.70. The Hall–Kier alpha value is -5.80. The van der Waals surface area contributed by atoms with Crippen molar-refractivity contribution in [2.45, 2.75) is 12.5 Å². The molecule has 2 aromatic heterocycles. The fraction of sp³-hybridized carbons (Fsp3) is 0.0476. The summed E-state index contributed by atoms with van der Waals surface area (Å²) in [4.78, 5) is 2.47. The fourth-order valence-corrected chi connectivity index (χ4v) is 7.73. The van der Waals surface area contributed by atoms with E-state index >= 15 is 0 Å². The Bertz CT molecular complexity index is 2540. The Morgan fingerprint density at radius 2 is 1.22 bits per heavy atom. The number of allylic oxidation sites excluding steroid dienone is 4. The van der Waals surface area contributed by atoms with Gasteiger partial charge in [0, 0.05) is 38.5 Å². The molecule has 0 saturated carbocycles. The molecule has 0 saturated heterocycles. The number of benzene rings is 6. The fourth-order valence-electron chi connectivity index (χ4n) is 7.73. The van der Waals surface area contributed by atoms with E-state index in [4.69, 9.17) is 0 Å². The molecule has 10 rings (SSSR count). The molecule has 1 atom stereocenters. The van der Waals surface area contributed by atoms with E-state index in [9.17, 15) is 0 Å². The maximum Gasteiger partial charge on any atom is 0.123 e. The first-order valence-electron chi connectivity index (χ1n) is 15.7. The van der Waals surface area contributed by atoms with Crippen LogP contribution >= 0.6 is 0 Å². The topological polar surface area (TPSA) is 13.1 Å². The lowest BCUT2D eigenvalue weighted by Crippen LogP contribution is -2.13. The maximum absolute atomic E-state index is 2.54. The monoisotopic (exact) mass is 575 g/mol. The highest BCUT2D eigenvalue weighted by molar-refractivity contribution is 6.10. The summed E-state index contributed by atoms with van der Waals surface area (Å²) in [5.41, 5.74) is 9.73. The average Bonchev–Trinajstić information content (AvgIpc) is 3.59. The van der Waals surface area contributed by atoms with Gasteiger partial charge in [-0.1, -0.05) is 109 Å². The lowest BCUT2D eigenvalue weighted by molar-refractivity contribution is 0.648. The molecular formula is C42H29N3. The molecule has 0 amide bonds. The summed E-state index contributed by atoms with van der Waals surface area (Å²) < 4.78 is 5.00. The van der Waals surface area contributed by atoms with Crippen molar-refractivity contribution in [3.63, 3.8) is 0 Å². The zero-order valence-electron chi connectivity index (χ0n) is 24.6. The second-order valence-electron chi connectivity index (χ2n) is 12.2. The highest BCUT2D eigenvalue weighted by atomic mass is 15.3. The van der Waals surface area contributed by atoms with Crippen LogP contribution < -0.4 is 4.90 Å². The number of aromatic nitrogens is 2. The van der Waals surface area contributed by atoms with Crippen molar-refractivity contribution in [3.8, 4) is 16.8 Å².